The highest BCUT2D eigenvalue weighted by atomic mass is 31.1. The van der Waals surface area contributed by atoms with E-state index < -0.39 is 8.07 Å². The maximum absolute atomic E-state index is 6.20. The average Bonchev–Trinajstić information content (AvgIpc) is 3.21. The fourth-order valence-electron chi connectivity index (χ4n) is 4.01. The first-order chi connectivity index (χ1) is 13.5. The molecule has 0 unspecified atom stereocenters. The van der Waals surface area contributed by atoms with Gasteiger partial charge in [0.05, 0.1) is 12.1 Å². The molecule has 4 heteroatoms. The zero-order chi connectivity index (χ0) is 19.6. The van der Waals surface area contributed by atoms with Gasteiger partial charge in [0.15, 0.2) is 0 Å². The summed E-state index contributed by atoms with van der Waals surface area (Å²) >= 11 is 0. The van der Waals surface area contributed by atoms with Crippen LogP contribution in [0.15, 0.2) is 65.7 Å². The Bertz CT molecular complexity index is 761. The van der Waals surface area contributed by atoms with Crippen LogP contribution in [0, 0.1) is 5.41 Å². The van der Waals surface area contributed by atoms with E-state index in [2.05, 4.69) is 86.1 Å². The number of piperidine rings is 1. The van der Waals surface area contributed by atoms with Crippen LogP contribution in [0.5, 0.6) is 0 Å². The van der Waals surface area contributed by atoms with Crippen molar-refractivity contribution in [2.75, 3.05) is 13.2 Å². The second-order valence-corrected chi connectivity index (χ2v) is 11.0. The van der Waals surface area contributed by atoms with E-state index >= 15 is 0 Å². The van der Waals surface area contributed by atoms with Gasteiger partial charge in [0.25, 0.3) is 0 Å². The smallest absolute Gasteiger partial charge is 0.201 e. The van der Waals surface area contributed by atoms with Gasteiger partial charge in [0.2, 0.25) is 5.90 Å². The summed E-state index contributed by atoms with van der Waals surface area (Å²) < 4.78 is 8.89. The summed E-state index contributed by atoms with van der Waals surface area (Å²) in [5, 5.41) is 2.81. The third kappa shape index (κ3) is 4.16. The summed E-state index contributed by atoms with van der Waals surface area (Å²) in [4.78, 5) is 5.07. The Labute approximate surface area is 170 Å². The minimum atomic E-state index is -0.594. The lowest BCUT2D eigenvalue weighted by molar-refractivity contribution is 0.217. The van der Waals surface area contributed by atoms with Gasteiger partial charge >= 0.3 is 0 Å². The van der Waals surface area contributed by atoms with Gasteiger partial charge in [0, 0.05) is 14.6 Å². The molecule has 1 saturated heterocycles. The largest absolute Gasteiger partial charge is 0.478 e. The number of rotatable bonds is 4. The second kappa shape index (κ2) is 8.35. The molecule has 2 aliphatic rings. The maximum Gasteiger partial charge on any atom is 0.201 e. The summed E-state index contributed by atoms with van der Waals surface area (Å²) in [5.41, 5.74) is 0.144. The van der Waals surface area contributed by atoms with E-state index in [0.717, 1.165) is 25.5 Å². The first-order valence-corrected chi connectivity index (χ1v) is 11.7. The highest BCUT2D eigenvalue weighted by Gasteiger charge is 2.39. The Morgan fingerprint density at radius 2 is 1.54 bits per heavy atom. The molecule has 0 saturated carbocycles. The quantitative estimate of drug-likeness (QED) is 0.700. The lowest BCUT2D eigenvalue weighted by Crippen LogP contribution is -2.45. The molecular weight excluding hydrogens is 363 g/mol. The molecule has 3 nitrogen and oxygen atoms in total. The highest BCUT2D eigenvalue weighted by molar-refractivity contribution is 7.70. The van der Waals surface area contributed by atoms with Crippen LogP contribution in [0.2, 0.25) is 0 Å². The predicted molar refractivity (Wildman–Crippen MR) is 120 cm³/mol. The second-order valence-electron chi connectivity index (χ2n) is 8.82. The molecule has 0 spiro atoms. The molecule has 2 aliphatic heterocycles. The van der Waals surface area contributed by atoms with E-state index in [0.29, 0.717) is 0 Å². The van der Waals surface area contributed by atoms with E-state index in [4.69, 9.17) is 9.73 Å². The number of hydrogen-bond acceptors (Lipinski definition) is 3. The summed E-state index contributed by atoms with van der Waals surface area (Å²) in [6.45, 7) is 8.59. The normalized spacial score (nSPS) is 23.5. The van der Waals surface area contributed by atoms with Gasteiger partial charge in [-0.3, -0.25) is 4.67 Å². The third-order valence-corrected chi connectivity index (χ3v) is 8.26. The number of benzene rings is 2. The first-order valence-electron chi connectivity index (χ1n) is 10.4. The van der Waals surface area contributed by atoms with Gasteiger partial charge in [-0.15, -0.1) is 0 Å². The molecule has 2 atom stereocenters. The Kier molecular flexibility index (Phi) is 5.85. The number of ether oxygens (including phenoxy) is 1. The van der Waals surface area contributed by atoms with Crippen LogP contribution in [0.1, 0.15) is 40.0 Å². The predicted octanol–water partition coefficient (Wildman–Crippen LogP) is 4.73. The molecule has 0 N–H and O–H groups in total. The fourth-order valence-corrected chi connectivity index (χ4v) is 6.64. The maximum atomic E-state index is 6.20. The standard InChI is InChI=1S/C24H31N2OP/c1-24(2,3)22-18-27-23(25-22)21-16-10-11-17-26(21)28(19-12-6-4-7-13-19)20-14-8-5-9-15-20/h4-9,12-15,21-22H,10-11,16-18H2,1-3H3/t21-,22+/m1/s1. The van der Waals surface area contributed by atoms with Gasteiger partial charge in [0.1, 0.15) is 6.61 Å². The molecule has 0 radical (unpaired) electrons. The van der Waals surface area contributed by atoms with Gasteiger partial charge in [-0.05, 0) is 28.9 Å². The van der Waals surface area contributed by atoms with Crippen molar-refractivity contribution >= 4 is 24.6 Å². The lowest BCUT2D eigenvalue weighted by Gasteiger charge is -2.40. The zero-order valence-electron chi connectivity index (χ0n) is 17.2. The van der Waals surface area contributed by atoms with Gasteiger partial charge in [-0.1, -0.05) is 87.9 Å². The van der Waals surface area contributed by atoms with Crippen LogP contribution >= 0.6 is 8.07 Å². The van der Waals surface area contributed by atoms with Crippen molar-refractivity contribution in [2.45, 2.75) is 52.1 Å². The van der Waals surface area contributed by atoms with E-state index in [1.54, 1.807) is 0 Å². The molecule has 0 aliphatic carbocycles. The van der Waals surface area contributed by atoms with Crippen molar-refractivity contribution in [3.8, 4) is 0 Å². The van der Waals surface area contributed by atoms with Crippen LogP contribution in [-0.2, 0) is 4.74 Å². The number of nitrogens with zero attached hydrogens (tertiary/aromatic N) is 2. The van der Waals surface area contributed by atoms with E-state index in [1.165, 1.54) is 23.5 Å². The molecule has 4 rings (SSSR count). The lowest BCUT2D eigenvalue weighted by atomic mass is 9.88. The van der Waals surface area contributed by atoms with E-state index in [9.17, 15) is 0 Å². The van der Waals surface area contributed by atoms with Crippen molar-refractivity contribution in [3.63, 3.8) is 0 Å². The van der Waals surface area contributed by atoms with Crippen LogP contribution in [0.4, 0.5) is 0 Å². The summed E-state index contributed by atoms with van der Waals surface area (Å²) in [5.74, 6) is 0.971. The number of aliphatic imine (C=N–C) groups is 1. The van der Waals surface area contributed by atoms with Crippen LogP contribution in [0.25, 0.3) is 0 Å². The Hall–Kier alpha value is -1.70. The fraction of sp³-hybridized carbons (Fsp3) is 0.458. The van der Waals surface area contributed by atoms with Crippen LogP contribution < -0.4 is 10.6 Å². The summed E-state index contributed by atoms with van der Waals surface area (Å²) in [6, 6.07) is 22.5. The Morgan fingerprint density at radius 1 is 0.929 bits per heavy atom. The average molecular weight is 394 g/mol. The Balaban J connectivity index is 1.70. The molecular formula is C24H31N2OP. The molecule has 28 heavy (non-hydrogen) atoms. The van der Waals surface area contributed by atoms with Crippen LogP contribution in [0.3, 0.4) is 0 Å². The van der Waals surface area contributed by atoms with Crippen molar-refractivity contribution < 1.29 is 4.74 Å². The molecule has 0 aromatic heterocycles. The molecule has 148 valence electrons. The SMILES string of the molecule is CC(C)(C)[C@@H]1COC([C@H]2CCCCN2P(c2ccccc2)c2ccccc2)=N1. The van der Waals surface area contributed by atoms with Gasteiger partial charge < -0.3 is 4.74 Å². The first kappa shape index (κ1) is 19.6. The van der Waals surface area contributed by atoms with Crippen molar-refractivity contribution in [3.05, 3.63) is 60.7 Å². The van der Waals surface area contributed by atoms with Crippen molar-refractivity contribution in [1.29, 1.82) is 0 Å². The van der Waals surface area contributed by atoms with Gasteiger partial charge in [-0.2, -0.15) is 0 Å². The van der Waals surface area contributed by atoms with Crippen molar-refractivity contribution in [2.24, 2.45) is 10.4 Å². The summed E-state index contributed by atoms with van der Waals surface area (Å²) in [7, 11) is -0.594. The molecule has 2 heterocycles. The van der Waals surface area contributed by atoms with Crippen molar-refractivity contribution in [1.82, 2.24) is 4.67 Å². The molecule has 0 amide bonds. The van der Waals surface area contributed by atoms with Crippen LogP contribution in [-0.4, -0.2) is 35.8 Å². The molecule has 1 fully saturated rings. The molecule has 0 bridgehead atoms. The Morgan fingerprint density at radius 3 is 2.07 bits per heavy atom. The number of hydrogen-bond donors (Lipinski definition) is 0. The minimum Gasteiger partial charge on any atom is -0.478 e. The summed E-state index contributed by atoms with van der Waals surface area (Å²) in [6.07, 6.45) is 3.62. The van der Waals surface area contributed by atoms with Gasteiger partial charge in [-0.25, -0.2) is 4.99 Å². The van der Waals surface area contributed by atoms with E-state index in [-0.39, 0.29) is 17.5 Å². The zero-order valence-corrected chi connectivity index (χ0v) is 18.1. The topological polar surface area (TPSA) is 24.8 Å². The highest BCUT2D eigenvalue weighted by Crippen LogP contribution is 2.44. The minimum absolute atomic E-state index is 0.144. The third-order valence-electron chi connectivity index (χ3n) is 5.69. The monoisotopic (exact) mass is 394 g/mol. The molecule has 2 aromatic rings. The molecule has 2 aromatic carbocycles. The van der Waals surface area contributed by atoms with E-state index in [1.807, 2.05) is 0 Å².